The smallest absolute Gasteiger partial charge is 0.264 e. The second kappa shape index (κ2) is 8.41. The minimum absolute atomic E-state index is 0.0206. The summed E-state index contributed by atoms with van der Waals surface area (Å²) < 4.78 is 55.0. The number of sulfonamides is 2. The second-order valence-corrected chi connectivity index (χ2v) is 10.1. The molecule has 2 N–H and O–H groups in total. The fourth-order valence-electron chi connectivity index (χ4n) is 2.77. The predicted molar refractivity (Wildman–Crippen MR) is 115 cm³/mol. The van der Waals surface area contributed by atoms with Crippen molar-refractivity contribution in [2.75, 3.05) is 9.44 Å². The summed E-state index contributed by atoms with van der Waals surface area (Å²) in [5.74, 6) is -0.0206. The molecule has 3 rings (SSSR count). The van der Waals surface area contributed by atoms with Gasteiger partial charge in [0.1, 0.15) is 0 Å². The van der Waals surface area contributed by atoms with Gasteiger partial charge in [-0.1, -0.05) is 19.1 Å². The summed E-state index contributed by atoms with van der Waals surface area (Å²) >= 11 is 0. The summed E-state index contributed by atoms with van der Waals surface area (Å²) in [6, 6.07) is 13.7. The van der Waals surface area contributed by atoms with E-state index in [1.165, 1.54) is 36.4 Å². The van der Waals surface area contributed by atoms with Crippen molar-refractivity contribution in [3.8, 4) is 0 Å². The molecular weight excluding hydrogens is 424 g/mol. The highest BCUT2D eigenvalue weighted by molar-refractivity contribution is 7.93. The maximum Gasteiger partial charge on any atom is 0.264 e. The molecule has 0 bridgehead atoms. The maximum atomic E-state index is 12.6. The van der Waals surface area contributed by atoms with Gasteiger partial charge < -0.3 is 0 Å². The quantitative estimate of drug-likeness (QED) is 0.575. The molecular formula is C20H22N4O4S2. The Balaban J connectivity index is 1.78. The summed E-state index contributed by atoms with van der Waals surface area (Å²) in [7, 11) is -7.70. The molecule has 10 heteroatoms. The third kappa shape index (κ3) is 5.14. The standard InChI is InChI=1S/C20H22N4O4S2/c1-4-16-5-9-18(10-6-16)29(25,26)23-17-7-11-19(12-8-17)30(27,28)24-20-21-14(2)13-15(3)22-20/h5-13,23H,4H2,1-3H3,(H,21,22,24). The van der Waals surface area contributed by atoms with E-state index in [9.17, 15) is 16.8 Å². The zero-order chi connectivity index (χ0) is 21.9. The lowest BCUT2D eigenvalue weighted by Crippen LogP contribution is -2.16. The van der Waals surface area contributed by atoms with Crippen LogP contribution in [0.2, 0.25) is 0 Å². The van der Waals surface area contributed by atoms with E-state index >= 15 is 0 Å². The molecule has 0 fully saturated rings. The normalized spacial score (nSPS) is 11.8. The van der Waals surface area contributed by atoms with Gasteiger partial charge in [0.25, 0.3) is 20.0 Å². The van der Waals surface area contributed by atoms with Gasteiger partial charge in [-0.05, 0) is 68.3 Å². The number of anilines is 2. The van der Waals surface area contributed by atoms with Crippen molar-refractivity contribution in [2.24, 2.45) is 0 Å². The van der Waals surface area contributed by atoms with Crippen LogP contribution in [0.25, 0.3) is 0 Å². The first kappa shape index (κ1) is 21.7. The van der Waals surface area contributed by atoms with Crippen LogP contribution in [0.1, 0.15) is 23.9 Å². The van der Waals surface area contributed by atoms with Gasteiger partial charge in [0.2, 0.25) is 5.95 Å². The molecule has 1 aromatic heterocycles. The van der Waals surface area contributed by atoms with Crippen LogP contribution in [0.3, 0.4) is 0 Å². The fraction of sp³-hybridized carbons (Fsp3) is 0.200. The van der Waals surface area contributed by atoms with Gasteiger partial charge >= 0.3 is 0 Å². The highest BCUT2D eigenvalue weighted by Gasteiger charge is 2.18. The van der Waals surface area contributed by atoms with Crippen LogP contribution >= 0.6 is 0 Å². The lowest BCUT2D eigenvalue weighted by Gasteiger charge is -2.11. The molecule has 0 spiro atoms. The number of nitrogens with one attached hydrogen (secondary N) is 2. The third-order valence-corrected chi connectivity index (χ3v) is 7.01. The summed E-state index contributed by atoms with van der Waals surface area (Å²) in [4.78, 5) is 8.22. The van der Waals surface area contributed by atoms with Crippen molar-refractivity contribution < 1.29 is 16.8 Å². The molecule has 0 amide bonds. The van der Waals surface area contributed by atoms with Crippen molar-refractivity contribution in [1.82, 2.24) is 9.97 Å². The molecule has 0 unspecified atom stereocenters. The van der Waals surface area contributed by atoms with E-state index in [1.54, 1.807) is 32.0 Å². The maximum absolute atomic E-state index is 12.6. The SMILES string of the molecule is CCc1ccc(S(=O)(=O)Nc2ccc(S(=O)(=O)Nc3nc(C)cc(C)n3)cc2)cc1. The molecule has 0 atom stereocenters. The Bertz CT molecular complexity index is 1230. The van der Waals surface area contributed by atoms with Gasteiger partial charge in [-0.25, -0.2) is 31.5 Å². The van der Waals surface area contributed by atoms with Crippen LogP contribution in [-0.4, -0.2) is 26.8 Å². The van der Waals surface area contributed by atoms with Gasteiger partial charge in [-0.3, -0.25) is 4.72 Å². The molecule has 1 heterocycles. The molecule has 0 radical (unpaired) electrons. The van der Waals surface area contributed by atoms with Crippen molar-refractivity contribution in [2.45, 2.75) is 37.0 Å². The monoisotopic (exact) mass is 446 g/mol. The Kier molecular flexibility index (Phi) is 6.09. The van der Waals surface area contributed by atoms with E-state index in [1.807, 2.05) is 6.92 Å². The van der Waals surface area contributed by atoms with E-state index in [-0.39, 0.29) is 21.4 Å². The zero-order valence-electron chi connectivity index (χ0n) is 16.7. The van der Waals surface area contributed by atoms with Gasteiger partial charge in [-0.15, -0.1) is 0 Å². The van der Waals surface area contributed by atoms with Crippen molar-refractivity contribution in [1.29, 1.82) is 0 Å². The first-order valence-corrected chi connectivity index (χ1v) is 12.1. The highest BCUT2D eigenvalue weighted by Crippen LogP contribution is 2.20. The van der Waals surface area contributed by atoms with Crippen LogP contribution < -0.4 is 9.44 Å². The average Bonchev–Trinajstić information content (AvgIpc) is 2.67. The lowest BCUT2D eigenvalue weighted by atomic mass is 10.2. The number of aryl methyl sites for hydroxylation is 3. The van der Waals surface area contributed by atoms with Gasteiger partial charge in [0.15, 0.2) is 0 Å². The Morgan fingerprint density at radius 3 is 1.70 bits per heavy atom. The minimum atomic E-state index is -3.92. The number of nitrogens with zero attached hydrogens (tertiary/aromatic N) is 2. The van der Waals surface area contributed by atoms with Crippen molar-refractivity contribution in [3.05, 3.63) is 71.5 Å². The second-order valence-electron chi connectivity index (χ2n) is 6.71. The molecule has 0 aliphatic rings. The van der Waals surface area contributed by atoms with Crippen LogP contribution in [0.15, 0.2) is 64.4 Å². The van der Waals surface area contributed by atoms with Gasteiger partial charge in [0.05, 0.1) is 9.79 Å². The first-order chi connectivity index (χ1) is 14.1. The van der Waals surface area contributed by atoms with Crippen molar-refractivity contribution >= 4 is 31.7 Å². The number of hydrogen-bond donors (Lipinski definition) is 2. The number of benzene rings is 2. The number of rotatable bonds is 7. The van der Waals surface area contributed by atoms with Crippen LogP contribution in [0.4, 0.5) is 11.6 Å². The van der Waals surface area contributed by atoms with Gasteiger partial charge in [-0.2, -0.15) is 0 Å². The zero-order valence-corrected chi connectivity index (χ0v) is 18.4. The first-order valence-electron chi connectivity index (χ1n) is 9.16. The molecule has 158 valence electrons. The molecule has 3 aromatic rings. The molecule has 0 saturated carbocycles. The van der Waals surface area contributed by atoms with Crippen LogP contribution in [0.5, 0.6) is 0 Å². The van der Waals surface area contributed by atoms with Gasteiger partial charge in [0, 0.05) is 17.1 Å². The Morgan fingerprint density at radius 2 is 1.20 bits per heavy atom. The Morgan fingerprint density at radius 1 is 0.733 bits per heavy atom. The Hall–Kier alpha value is -2.98. The molecule has 0 aliphatic heterocycles. The molecule has 0 saturated heterocycles. The van der Waals surface area contributed by atoms with E-state index in [0.717, 1.165) is 12.0 Å². The molecule has 30 heavy (non-hydrogen) atoms. The lowest BCUT2D eigenvalue weighted by molar-refractivity contribution is 0.599. The fourth-order valence-corrected chi connectivity index (χ4v) is 4.77. The molecule has 2 aromatic carbocycles. The van der Waals surface area contributed by atoms with E-state index in [0.29, 0.717) is 11.4 Å². The van der Waals surface area contributed by atoms with Crippen LogP contribution in [0, 0.1) is 13.8 Å². The summed E-state index contributed by atoms with van der Waals surface area (Å²) in [5.41, 5.74) is 2.55. The third-order valence-electron chi connectivity index (χ3n) is 4.27. The largest absolute Gasteiger partial charge is 0.280 e. The average molecular weight is 447 g/mol. The summed E-state index contributed by atoms with van der Waals surface area (Å²) in [5, 5.41) is 0. The number of hydrogen-bond acceptors (Lipinski definition) is 6. The van der Waals surface area contributed by atoms with E-state index in [2.05, 4.69) is 19.4 Å². The molecule has 0 aliphatic carbocycles. The molecule has 8 nitrogen and oxygen atoms in total. The van der Waals surface area contributed by atoms with Crippen molar-refractivity contribution in [3.63, 3.8) is 0 Å². The highest BCUT2D eigenvalue weighted by atomic mass is 32.2. The minimum Gasteiger partial charge on any atom is -0.280 e. The van der Waals surface area contributed by atoms with E-state index < -0.39 is 20.0 Å². The predicted octanol–water partition coefficient (Wildman–Crippen LogP) is 3.26. The van der Waals surface area contributed by atoms with E-state index in [4.69, 9.17) is 0 Å². The number of aromatic nitrogens is 2. The topological polar surface area (TPSA) is 118 Å². The summed E-state index contributed by atoms with van der Waals surface area (Å²) in [6.07, 6.45) is 0.810. The van der Waals surface area contributed by atoms with Crippen LogP contribution in [-0.2, 0) is 26.5 Å². The Labute approximate surface area is 176 Å². The summed E-state index contributed by atoms with van der Waals surface area (Å²) in [6.45, 7) is 5.46.